The largest absolute Gasteiger partial charge is 0.466 e. The average Bonchev–Trinajstić information content (AvgIpc) is 2.70. The summed E-state index contributed by atoms with van der Waals surface area (Å²) >= 11 is 3.41. The summed E-state index contributed by atoms with van der Waals surface area (Å²) in [6, 6.07) is 5.79. The van der Waals surface area contributed by atoms with Crippen molar-refractivity contribution >= 4 is 32.7 Å². The third-order valence-electron chi connectivity index (χ3n) is 2.56. The van der Waals surface area contributed by atoms with Gasteiger partial charge in [-0.25, -0.2) is 0 Å². The number of carbonyl (C=O) groups is 1. The van der Waals surface area contributed by atoms with Crippen LogP contribution in [0.1, 0.15) is 0 Å². The van der Waals surface area contributed by atoms with E-state index in [-0.39, 0.29) is 12.5 Å². The van der Waals surface area contributed by atoms with Crippen molar-refractivity contribution in [1.82, 2.24) is 15.1 Å². The Morgan fingerprint density at radius 2 is 2.42 bits per heavy atom. The lowest BCUT2D eigenvalue weighted by molar-refractivity contribution is -0.122. The highest BCUT2D eigenvalue weighted by molar-refractivity contribution is 9.10. The van der Waals surface area contributed by atoms with E-state index in [1.807, 2.05) is 25.2 Å². The number of nitrogens with one attached hydrogen (secondary N) is 1. The number of nitrogens with zero attached hydrogens (tertiary/aromatic N) is 2. The van der Waals surface area contributed by atoms with Crippen molar-refractivity contribution in [2.24, 2.45) is 7.05 Å². The van der Waals surface area contributed by atoms with Gasteiger partial charge in [-0.15, -0.1) is 11.7 Å². The third kappa shape index (κ3) is 3.14. The zero-order valence-corrected chi connectivity index (χ0v) is 12.1. The number of ether oxygens (including phenoxy) is 1. The first-order chi connectivity index (χ1) is 9.11. The second-order valence-corrected chi connectivity index (χ2v) is 4.89. The molecule has 0 aliphatic rings. The van der Waals surface area contributed by atoms with Crippen molar-refractivity contribution in [3.05, 3.63) is 35.3 Å². The van der Waals surface area contributed by atoms with E-state index in [4.69, 9.17) is 4.74 Å². The van der Waals surface area contributed by atoms with Gasteiger partial charge in [-0.2, -0.15) is 0 Å². The maximum Gasteiger partial charge on any atom is 0.258 e. The van der Waals surface area contributed by atoms with E-state index >= 15 is 0 Å². The van der Waals surface area contributed by atoms with Gasteiger partial charge in [0.2, 0.25) is 5.88 Å². The summed E-state index contributed by atoms with van der Waals surface area (Å²) in [6.45, 7) is 3.89. The molecule has 5 nitrogen and oxygen atoms in total. The minimum atomic E-state index is -0.200. The highest BCUT2D eigenvalue weighted by Crippen LogP contribution is 2.27. The van der Waals surface area contributed by atoms with Gasteiger partial charge in [-0.05, 0) is 18.2 Å². The molecule has 2 aromatic rings. The summed E-state index contributed by atoms with van der Waals surface area (Å²) in [5.74, 6) is 0.251. The molecule has 0 spiro atoms. The van der Waals surface area contributed by atoms with Gasteiger partial charge in [-0.3, -0.25) is 9.48 Å². The number of aryl methyl sites for hydroxylation is 1. The Balaban J connectivity index is 2.14. The predicted octanol–water partition coefficient (Wildman–Crippen LogP) is 2.02. The number of hydrogen-bond donors (Lipinski definition) is 1. The Morgan fingerprint density at radius 3 is 3.16 bits per heavy atom. The van der Waals surface area contributed by atoms with Crippen molar-refractivity contribution in [3.8, 4) is 5.88 Å². The fourth-order valence-corrected chi connectivity index (χ4v) is 2.04. The van der Waals surface area contributed by atoms with Crippen LogP contribution in [0, 0.1) is 0 Å². The second-order valence-electron chi connectivity index (χ2n) is 3.97. The van der Waals surface area contributed by atoms with E-state index in [9.17, 15) is 4.79 Å². The molecule has 6 heteroatoms. The Bertz CT molecular complexity index is 622. The van der Waals surface area contributed by atoms with Crippen LogP contribution in [0.25, 0.3) is 10.9 Å². The van der Waals surface area contributed by atoms with E-state index in [1.165, 1.54) is 0 Å². The lowest BCUT2D eigenvalue weighted by atomic mass is 10.2. The molecule has 0 bridgehead atoms. The predicted molar refractivity (Wildman–Crippen MR) is 77.1 cm³/mol. The molecule has 1 aromatic carbocycles. The number of rotatable bonds is 5. The summed E-state index contributed by atoms with van der Waals surface area (Å²) in [5, 5.41) is 7.77. The van der Waals surface area contributed by atoms with E-state index in [1.54, 1.807) is 10.8 Å². The second kappa shape index (κ2) is 5.88. The van der Waals surface area contributed by atoms with Crippen LogP contribution in [0.15, 0.2) is 35.3 Å². The lowest BCUT2D eigenvalue weighted by Crippen LogP contribution is -2.28. The third-order valence-corrected chi connectivity index (χ3v) is 3.06. The van der Waals surface area contributed by atoms with E-state index < -0.39 is 0 Å². The fraction of sp³-hybridized carbons (Fsp3) is 0.231. The molecule has 0 aliphatic heterocycles. The molecule has 19 heavy (non-hydrogen) atoms. The van der Waals surface area contributed by atoms with Gasteiger partial charge in [-0.1, -0.05) is 22.0 Å². The number of aromatic nitrogens is 2. The van der Waals surface area contributed by atoms with Crippen LogP contribution in [-0.4, -0.2) is 28.8 Å². The zero-order valence-electron chi connectivity index (χ0n) is 10.5. The molecule has 1 N–H and O–H groups in total. The number of fused-ring (bicyclic) bond motifs is 1. The van der Waals surface area contributed by atoms with Crippen LogP contribution in [0.3, 0.4) is 0 Å². The van der Waals surface area contributed by atoms with Crippen molar-refractivity contribution in [3.63, 3.8) is 0 Å². The Kier molecular flexibility index (Phi) is 4.21. The van der Waals surface area contributed by atoms with Crippen LogP contribution in [0.5, 0.6) is 5.88 Å². The summed E-state index contributed by atoms with van der Waals surface area (Å²) in [6.07, 6.45) is 1.62. The van der Waals surface area contributed by atoms with E-state index in [2.05, 4.69) is 32.9 Å². The van der Waals surface area contributed by atoms with Crippen LogP contribution >= 0.6 is 15.9 Å². The van der Waals surface area contributed by atoms with Crippen LogP contribution < -0.4 is 10.1 Å². The van der Waals surface area contributed by atoms with Crippen molar-refractivity contribution in [2.75, 3.05) is 13.2 Å². The summed E-state index contributed by atoms with van der Waals surface area (Å²) < 4.78 is 8.11. The normalized spacial score (nSPS) is 10.4. The molecule has 0 aliphatic carbocycles. The molecule has 0 saturated carbocycles. The minimum absolute atomic E-state index is 0.0630. The van der Waals surface area contributed by atoms with Gasteiger partial charge < -0.3 is 10.1 Å². The Morgan fingerprint density at radius 1 is 1.63 bits per heavy atom. The number of halogens is 1. The van der Waals surface area contributed by atoms with Crippen LogP contribution in [-0.2, 0) is 11.8 Å². The molecule has 0 atom stereocenters. The summed E-state index contributed by atoms with van der Waals surface area (Å²) in [5.41, 5.74) is 0.949. The molecule has 1 amide bonds. The average molecular weight is 324 g/mol. The first-order valence-electron chi connectivity index (χ1n) is 5.74. The molecule has 100 valence electrons. The summed E-state index contributed by atoms with van der Waals surface area (Å²) in [4.78, 5) is 11.5. The monoisotopic (exact) mass is 323 g/mol. The lowest BCUT2D eigenvalue weighted by Gasteiger charge is -2.03. The van der Waals surface area contributed by atoms with Gasteiger partial charge in [0.05, 0.1) is 10.9 Å². The molecule has 0 radical (unpaired) electrons. The Hall–Kier alpha value is -1.82. The van der Waals surface area contributed by atoms with Gasteiger partial charge >= 0.3 is 0 Å². The topological polar surface area (TPSA) is 56.1 Å². The van der Waals surface area contributed by atoms with Crippen molar-refractivity contribution in [2.45, 2.75) is 0 Å². The number of carbonyl (C=O) groups excluding carboxylic acids is 1. The molecule has 2 rings (SSSR count). The van der Waals surface area contributed by atoms with Gasteiger partial charge in [0, 0.05) is 18.1 Å². The number of amides is 1. The smallest absolute Gasteiger partial charge is 0.258 e. The highest BCUT2D eigenvalue weighted by atomic mass is 79.9. The SMILES string of the molecule is C=CCNC(=O)COc1nn(C)c2ccc(Br)cc12. The minimum Gasteiger partial charge on any atom is -0.466 e. The fourth-order valence-electron chi connectivity index (χ4n) is 1.68. The molecular formula is C13H14BrN3O2. The summed E-state index contributed by atoms with van der Waals surface area (Å²) in [7, 11) is 1.83. The molecule has 0 saturated heterocycles. The maximum atomic E-state index is 11.5. The zero-order chi connectivity index (χ0) is 13.8. The Labute approximate surface area is 119 Å². The van der Waals surface area contributed by atoms with E-state index in [0.29, 0.717) is 12.4 Å². The van der Waals surface area contributed by atoms with E-state index in [0.717, 1.165) is 15.4 Å². The molecule has 1 heterocycles. The van der Waals surface area contributed by atoms with Crippen LogP contribution in [0.4, 0.5) is 0 Å². The highest BCUT2D eigenvalue weighted by Gasteiger charge is 2.11. The number of benzene rings is 1. The van der Waals surface area contributed by atoms with Crippen LogP contribution in [0.2, 0.25) is 0 Å². The van der Waals surface area contributed by atoms with Gasteiger partial charge in [0.1, 0.15) is 0 Å². The van der Waals surface area contributed by atoms with Crippen molar-refractivity contribution < 1.29 is 9.53 Å². The first-order valence-corrected chi connectivity index (χ1v) is 6.53. The molecule has 1 aromatic heterocycles. The van der Waals surface area contributed by atoms with Crippen molar-refractivity contribution in [1.29, 1.82) is 0 Å². The number of hydrogen-bond acceptors (Lipinski definition) is 3. The van der Waals surface area contributed by atoms with Gasteiger partial charge in [0.25, 0.3) is 5.91 Å². The molecule has 0 unspecified atom stereocenters. The first kappa shape index (κ1) is 13.6. The van der Waals surface area contributed by atoms with Gasteiger partial charge in [0.15, 0.2) is 6.61 Å². The molecule has 0 fully saturated rings. The standard InChI is InChI=1S/C13H14BrN3O2/c1-3-6-15-12(18)8-19-13-10-7-9(14)4-5-11(10)17(2)16-13/h3-5,7H,1,6,8H2,2H3,(H,15,18). The maximum absolute atomic E-state index is 11.5. The quantitative estimate of drug-likeness (QED) is 0.856. The molecular weight excluding hydrogens is 310 g/mol.